The van der Waals surface area contributed by atoms with Crippen LogP contribution in [-0.2, 0) is 23.8 Å². The first-order valence-corrected chi connectivity index (χ1v) is 8.30. The lowest BCUT2D eigenvalue weighted by atomic mass is 9.84. The van der Waals surface area contributed by atoms with Crippen LogP contribution in [0, 0.1) is 11.8 Å². The molecule has 1 fully saturated rings. The van der Waals surface area contributed by atoms with Gasteiger partial charge < -0.3 is 19.0 Å². The molecule has 5 heteroatoms. The summed E-state index contributed by atoms with van der Waals surface area (Å²) in [7, 11) is 0. The number of carbonyl (C=O) groups is 2. The molecule has 0 radical (unpaired) electrons. The van der Waals surface area contributed by atoms with E-state index >= 15 is 0 Å². The number of carbonyl (C=O) groups excluding carboxylic acids is 2. The molecule has 0 saturated carbocycles. The molecule has 1 saturated heterocycles. The Labute approximate surface area is 133 Å². The van der Waals surface area contributed by atoms with E-state index in [1.54, 1.807) is 6.92 Å². The fourth-order valence-corrected chi connectivity index (χ4v) is 3.01. The SMILES string of the molecule is CCC1O[C@@H](OCCCCC(C)=O)C(C)C(OC(C)=O)[C@H]1C. The topological polar surface area (TPSA) is 61.8 Å². The summed E-state index contributed by atoms with van der Waals surface area (Å²) in [4.78, 5) is 22.2. The van der Waals surface area contributed by atoms with Gasteiger partial charge in [0.2, 0.25) is 0 Å². The van der Waals surface area contributed by atoms with Gasteiger partial charge in [0.25, 0.3) is 0 Å². The van der Waals surface area contributed by atoms with Crippen LogP contribution in [0.2, 0.25) is 0 Å². The Morgan fingerprint density at radius 1 is 1.09 bits per heavy atom. The summed E-state index contributed by atoms with van der Waals surface area (Å²) in [6.07, 6.45) is 2.60. The van der Waals surface area contributed by atoms with Gasteiger partial charge in [0.1, 0.15) is 11.9 Å². The van der Waals surface area contributed by atoms with E-state index in [2.05, 4.69) is 13.8 Å². The summed E-state index contributed by atoms with van der Waals surface area (Å²) in [5.74, 6) is 0.0914. The summed E-state index contributed by atoms with van der Waals surface area (Å²) in [6.45, 7) is 9.71. The summed E-state index contributed by atoms with van der Waals surface area (Å²) in [5.41, 5.74) is 0. The van der Waals surface area contributed by atoms with E-state index in [9.17, 15) is 9.59 Å². The lowest BCUT2D eigenvalue weighted by Gasteiger charge is -2.43. The second-order valence-electron chi connectivity index (χ2n) is 6.27. The van der Waals surface area contributed by atoms with Crippen molar-refractivity contribution in [1.82, 2.24) is 0 Å². The van der Waals surface area contributed by atoms with Gasteiger partial charge in [0.15, 0.2) is 6.29 Å². The summed E-state index contributed by atoms with van der Waals surface area (Å²) in [5, 5.41) is 0. The fourth-order valence-electron chi connectivity index (χ4n) is 3.01. The number of Topliss-reactive ketones (excluding diaryl/α,β-unsaturated/α-hetero) is 1. The Hall–Kier alpha value is -0.940. The van der Waals surface area contributed by atoms with Crippen LogP contribution in [0.1, 0.15) is 60.3 Å². The minimum absolute atomic E-state index is 0.00509. The molecule has 128 valence electrons. The number of esters is 1. The van der Waals surface area contributed by atoms with Crippen LogP contribution in [-0.4, -0.2) is 36.9 Å². The zero-order chi connectivity index (χ0) is 16.7. The van der Waals surface area contributed by atoms with Gasteiger partial charge in [-0.25, -0.2) is 0 Å². The first-order chi connectivity index (χ1) is 10.4. The summed E-state index contributed by atoms with van der Waals surface area (Å²) in [6, 6.07) is 0. The third kappa shape index (κ3) is 5.69. The monoisotopic (exact) mass is 314 g/mol. The van der Waals surface area contributed by atoms with E-state index in [-0.39, 0.29) is 42.1 Å². The van der Waals surface area contributed by atoms with Crippen molar-refractivity contribution in [2.24, 2.45) is 11.8 Å². The van der Waals surface area contributed by atoms with Crippen LogP contribution >= 0.6 is 0 Å². The molecule has 1 rings (SSSR count). The van der Waals surface area contributed by atoms with Crippen LogP contribution < -0.4 is 0 Å². The Balaban J connectivity index is 2.53. The Bertz CT molecular complexity index is 368. The molecule has 0 bridgehead atoms. The quantitative estimate of drug-likeness (QED) is 0.509. The molecule has 1 aliphatic heterocycles. The molecule has 1 heterocycles. The van der Waals surface area contributed by atoms with Crippen molar-refractivity contribution in [2.75, 3.05) is 6.61 Å². The van der Waals surface area contributed by atoms with Gasteiger partial charge in [-0.05, 0) is 26.2 Å². The van der Waals surface area contributed by atoms with Crippen molar-refractivity contribution >= 4 is 11.8 Å². The van der Waals surface area contributed by atoms with E-state index in [4.69, 9.17) is 14.2 Å². The molecule has 0 aromatic carbocycles. The third-order valence-electron chi connectivity index (χ3n) is 4.27. The summed E-state index contributed by atoms with van der Waals surface area (Å²) >= 11 is 0. The highest BCUT2D eigenvalue weighted by atomic mass is 16.7. The molecule has 0 N–H and O–H groups in total. The van der Waals surface area contributed by atoms with Gasteiger partial charge in [-0.2, -0.15) is 0 Å². The van der Waals surface area contributed by atoms with E-state index in [1.807, 2.05) is 6.92 Å². The van der Waals surface area contributed by atoms with Gasteiger partial charge in [0, 0.05) is 31.8 Å². The second kappa shape index (κ2) is 9.26. The fraction of sp³-hybridized carbons (Fsp3) is 0.882. The third-order valence-corrected chi connectivity index (χ3v) is 4.27. The van der Waals surface area contributed by atoms with Crippen molar-refractivity contribution in [3.63, 3.8) is 0 Å². The maximum absolute atomic E-state index is 11.3. The molecular weight excluding hydrogens is 284 g/mol. The van der Waals surface area contributed by atoms with Crippen molar-refractivity contribution in [1.29, 1.82) is 0 Å². The lowest BCUT2D eigenvalue weighted by molar-refractivity contribution is -0.265. The number of ketones is 1. The van der Waals surface area contributed by atoms with E-state index in [0.717, 1.165) is 19.3 Å². The highest BCUT2D eigenvalue weighted by molar-refractivity contribution is 5.75. The predicted octanol–water partition coefficient (Wildman–Crippen LogP) is 3.10. The predicted molar refractivity (Wildman–Crippen MR) is 83.3 cm³/mol. The number of ether oxygens (including phenoxy) is 3. The van der Waals surface area contributed by atoms with Crippen LogP contribution in [0.4, 0.5) is 0 Å². The van der Waals surface area contributed by atoms with Crippen molar-refractivity contribution in [2.45, 2.75) is 78.8 Å². The average Bonchev–Trinajstić information content (AvgIpc) is 2.44. The number of unbranched alkanes of at least 4 members (excludes halogenated alkanes) is 1. The molecular formula is C17H30O5. The number of rotatable bonds is 8. The zero-order valence-electron chi connectivity index (χ0n) is 14.5. The minimum Gasteiger partial charge on any atom is -0.462 e. The van der Waals surface area contributed by atoms with Crippen molar-refractivity contribution in [3.05, 3.63) is 0 Å². The lowest BCUT2D eigenvalue weighted by Crippen LogP contribution is -2.51. The molecule has 0 amide bonds. The maximum Gasteiger partial charge on any atom is 0.302 e. The molecule has 0 aromatic heterocycles. The first-order valence-electron chi connectivity index (χ1n) is 8.30. The van der Waals surface area contributed by atoms with Crippen LogP contribution in [0.15, 0.2) is 0 Å². The largest absolute Gasteiger partial charge is 0.462 e. The van der Waals surface area contributed by atoms with E-state index < -0.39 is 0 Å². The Morgan fingerprint density at radius 3 is 2.32 bits per heavy atom. The van der Waals surface area contributed by atoms with Gasteiger partial charge in [-0.15, -0.1) is 0 Å². The zero-order valence-corrected chi connectivity index (χ0v) is 14.5. The molecule has 22 heavy (non-hydrogen) atoms. The van der Waals surface area contributed by atoms with Crippen LogP contribution in [0.5, 0.6) is 0 Å². The maximum atomic E-state index is 11.3. The van der Waals surface area contributed by atoms with E-state index in [0.29, 0.717) is 13.0 Å². The van der Waals surface area contributed by atoms with E-state index in [1.165, 1.54) is 6.92 Å². The molecule has 3 unspecified atom stereocenters. The van der Waals surface area contributed by atoms with Gasteiger partial charge in [-0.3, -0.25) is 4.79 Å². The van der Waals surface area contributed by atoms with Gasteiger partial charge >= 0.3 is 5.97 Å². The summed E-state index contributed by atoms with van der Waals surface area (Å²) < 4.78 is 17.4. The standard InChI is InChI=1S/C17H30O5/c1-6-15-12(3)16(21-14(5)19)13(4)17(22-15)20-10-8-7-9-11(2)18/h12-13,15-17H,6-10H2,1-5H3/t12-,13?,15?,16?,17+/m0/s1. The molecule has 0 aliphatic carbocycles. The van der Waals surface area contributed by atoms with Gasteiger partial charge in [0.05, 0.1) is 6.10 Å². The molecule has 0 spiro atoms. The first kappa shape index (κ1) is 19.1. The Kier molecular flexibility index (Phi) is 8.04. The molecule has 5 atom stereocenters. The average molecular weight is 314 g/mol. The van der Waals surface area contributed by atoms with Crippen LogP contribution in [0.3, 0.4) is 0 Å². The minimum atomic E-state index is -0.358. The van der Waals surface area contributed by atoms with Crippen LogP contribution in [0.25, 0.3) is 0 Å². The second-order valence-corrected chi connectivity index (χ2v) is 6.27. The highest BCUT2D eigenvalue weighted by Crippen LogP contribution is 2.34. The highest BCUT2D eigenvalue weighted by Gasteiger charge is 2.43. The molecule has 5 nitrogen and oxygen atoms in total. The van der Waals surface area contributed by atoms with Gasteiger partial charge in [-0.1, -0.05) is 20.8 Å². The van der Waals surface area contributed by atoms with Crippen molar-refractivity contribution < 1.29 is 23.8 Å². The number of hydrogen-bond donors (Lipinski definition) is 0. The normalized spacial score (nSPS) is 31.8. The number of hydrogen-bond acceptors (Lipinski definition) is 5. The Morgan fingerprint density at radius 2 is 1.77 bits per heavy atom. The van der Waals surface area contributed by atoms with Crippen molar-refractivity contribution in [3.8, 4) is 0 Å². The molecule has 0 aromatic rings. The smallest absolute Gasteiger partial charge is 0.302 e. The molecule has 1 aliphatic rings.